The van der Waals surface area contributed by atoms with Crippen LogP contribution in [0.15, 0.2) is 18.2 Å². The van der Waals surface area contributed by atoms with Crippen molar-refractivity contribution in [2.75, 3.05) is 6.61 Å². The van der Waals surface area contributed by atoms with Gasteiger partial charge in [0, 0.05) is 18.9 Å². The highest BCUT2D eigenvalue weighted by Crippen LogP contribution is 2.10. The van der Waals surface area contributed by atoms with E-state index in [1.54, 1.807) is 6.92 Å². The van der Waals surface area contributed by atoms with E-state index >= 15 is 0 Å². The van der Waals surface area contributed by atoms with Crippen LogP contribution in [0.3, 0.4) is 0 Å². The van der Waals surface area contributed by atoms with Crippen LogP contribution < -0.4 is 0 Å². The van der Waals surface area contributed by atoms with Gasteiger partial charge in [-0.1, -0.05) is 0 Å². The molecule has 1 rings (SSSR count). The first-order valence-electron chi connectivity index (χ1n) is 5.63. The Morgan fingerprint density at radius 3 is 2.28 bits per heavy atom. The Bertz CT molecular complexity index is 424. The van der Waals surface area contributed by atoms with Crippen molar-refractivity contribution in [3.63, 3.8) is 0 Å². The molecule has 0 aromatic heterocycles. The van der Waals surface area contributed by atoms with Gasteiger partial charge in [-0.3, -0.25) is 9.59 Å². The first-order valence-corrected chi connectivity index (χ1v) is 5.63. The summed E-state index contributed by atoms with van der Waals surface area (Å²) in [6.45, 7) is 1.94. The maximum absolute atomic E-state index is 12.9. The van der Waals surface area contributed by atoms with Crippen molar-refractivity contribution in [1.82, 2.24) is 0 Å². The van der Waals surface area contributed by atoms with Gasteiger partial charge in [-0.05, 0) is 24.6 Å². The summed E-state index contributed by atoms with van der Waals surface area (Å²) in [5, 5.41) is 0. The van der Waals surface area contributed by atoms with Crippen molar-refractivity contribution in [3.8, 4) is 0 Å². The zero-order valence-corrected chi connectivity index (χ0v) is 10.0. The highest BCUT2D eigenvalue weighted by atomic mass is 19.1. The molecule has 0 bridgehead atoms. The standard InChI is InChI=1S/C13H14F2O3/c1-2-18-13(17)4-3-12(16)7-9-5-10(14)8-11(15)6-9/h5-6,8H,2-4,7H2,1H3. The van der Waals surface area contributed by atoms with Gasteiger partial charge in [0.2, 0.25) is 0 Å². The van der Waals surface area contributed by atoms with Crippen molar-refractivity contribution >= 4 is 11.8 Å². The summed E-state index contributed by atoms with van der Waals surface area (Å²) in [5.41, 5.74) is 0.265. The number of carbonyl (C=O) groups is 2. The highest BCUT2D eigenvalue weighted by Gasteiger charge is 2.10. The molecular weight excluding hydrogens is 242 g/mol. The summed E-state index contributed by atoms with van der Waals surface area (Å²) in [7, 11) is 0. The van der Waals surface area contributed by atoms with Gasteiger partial charge >= 0.3 is 5.97 Å². The lowest BCUT2D eigenvalue weighted by atomic mass is 10.1. The van der Waals surface area contributed by atoms with Crippen molar-refractivity contribution in [1.29, 1.82) is 0 Å². The van der Waals surface area contributed by atoms with Gasteiger partial charge in [0.1, 0.15) is 17.4 Å². The van der Waals surface area contributed by atoms with Crippen molar-refractivity contribution in [3.05, 3.63) is 35.4 Å². The minimum Gasteiger partial charge on any atom is -0.466 e. The van der Waals surface area contributed by atoms with Gasteiger partial charge in [-0.2, -0.15) is 0 Å². The second-order valence-electron chi connectivity index (χ2n) is 3.80. The molecule has 0 saturated carbocycles. The van der Waals surface area contributed by atoms with Crippen LogP contribution in [0.5, 0.6) is 0 Å². The third-order valence-corrected chi connectivity index (χ3v) is 2.24. The lowest BCUT2D eigenvalue weighted by Gasteiger charge is -2.03. The molecule has 0 fully saturated rings. The number of carbonyl (C=O) groups excluding carboxylic acids is 2. The SMILES string of the molecule is CCOC(=O)CCC(=O)Cc1cc(F)cc(F)c1. The first-order chi connectivity index (χ1) is 8.51. The molecule has 0 aliphatic carbocycles. The highest BCUT2D eigenvalue weighted by molar-refractivity contribution is 5.84. The molecule has 0 aliphatic rings. The Balaban J connectivity index is 2.47. The van der Waals surface area contributed by atoms with Gasteiger partial charge in [0.25, 0.3) is 0 Å². The monoisotopic (exact) mass is 256 g/mol. The first kappa shape index (κ1) is 14.3. The van der Waals surface area contributed by atoms with Gasteiger partial charge < -0.3 is 4.74 Å². The molecule has 0 saturated heterocycles. The van der Waals surface area contributed by atoms with Crippen molar-refractivity contribution in [2.24, 2.45) is 0 Å². The van der Waals surface area contributed by atoms with Gasteiger partial charge in [0.05, 0.1) is 13.0 Å². The number of hydrogen-bond acceptors (Lipinski definition) is 3. The molecule has 0 atom stereocenters. The number of halogens is 2. The number of Topliss-reactive ketones (excluding diaryl/α,β-unsaturated/α-hetero) is 1. The Kier molecular flexibility index (Phi) is 5.42. The van der Waals surface area contributed by atoms with E-state index in [4.69, 9.17) is 0 Å². The summed E-state index contributed by atoms with van der Waals surface area (Å²) >= 11 is 0. The molecule has 0 radical (unpaired) electrons. The van der Waals surface area contributed by atoms with Gasteiger partial charge in [-0.15, -0.1) is 0 Å². The number of rotatable bonds is 6. The molecular formula is C13H14F2O3. The zero-order valence-electron chi connectivity index (χ0n) is 10.0. The Labute approximate surface area is 104 Å². The third-order valence-electron chi connectivity index (χ3n) is 2.24. The second-order valence-corrected chi connectivity index (χ2v) is 3.80. The van der Waals surface area contributed by atoms with Crippen LogP contribution in [0.1, 0.15) is 25.3 Å². The fourth-order valence-electron chi connectivity index (χ4n) is 1.50. The minimum absolute atomic E-state index is 0.00945. The molecule has 98 valence electrons. The molecule has 1 aromatic carbocycles. The Hall–Kier alpha value is -1.78. The fourth-order valence-corrected chi connectivity index (χ4v) is 1.50. The van der Waals surface area contributed by atoms with Crippen LogP contribution in [0.2, 0.25) is 0 Å². The minimum atomic E-state index is -0.719. The zero-order chi connectivity index (χ0) is 13.5. The molecule has 0 amide bonds. The molecule has 3 nitrogen and oxygen atoms in total. The maximum atomic E-state index is 12.9. The summed E-state index contributed by atoms with van der Waals surface area (Å²) in [4.78, 5) is 22.5. The lowest BCUT2D eigenvalue weighted by Crippen LogP contribution is -2.09. The van der Waals surface area contributed by atoms with Crippen LogP contribution in [0.4, 0.5) is 8.78 Å². The number of ketones is 1. The molecule has 0 N–H and O–H groups in total. The molecule has 18 heavy (non-hydrogen) atoms. The maximum Gasteiger partial charge on any atom is 0.306 e. The number of esters is 1. The number of ether oxygens (including phenoxy) is 1. The Morgan fingerprint density at radius 2 is 1.72 bits per heavy atom. The van der Waals surface area contributed by atoms with E-state index in [2.05, 4.69) is 4.74 Å². The van der Waals surface area contributed by atoms with E-state index in [9.17, 15) is 18.4 Å². The smallest absolute Gasteiger partial charge is 0.306 e. The molecule has 5 heteroatoms. The van der Waals surface area contributed by atoms with E-state index < -0.39 is 17.6 Å². The van der Waals surface area contributed by atoms with E-state index in [1.807, 2.05) is 0 Å². The molecule has 0 spiro atoms. The summed E-state index contributed by atoms with van der Waals surface area (Å²) in [5.74, 6) is -2.14. The van der Waals surface area contributed by atoms with Gasteiger partial charge in [0.15, 0.2) is 0 Å². The number of hydrogen-bond donors (Lipinski definition) is 0. The lowest BCUT2D eigenvalue weighted by molar-refractivity contribution is -0.144. The van der Waals surface area contributed by atoms with Crippen molar-refractivity contribution in [2.45, 2.75) is 26.2 Å². The van der Waals surface area contributed by atoms with Crippen LogP contribution in [0, 0.1) is 11.6 Å². The van der Waals surface area contributed by atoms with E-state index in [0.717, 1.165) is 18.2 Å². The average Bonchev–Trinajstić information content (AvgIpc) is 2.25. The second kappa shape index (κ2) is 6.83. The van der Waals surface area contributed by atoms with E-state index in [1.165, 1.54) is 0 Å². The van der Waals surface area contributed by atoms with Crippen LogP contribution in [0.25, 0.3) is 0 Å². The van der Waals surface area contributed by atoms with Crippen LogP contribution in [-0.2, 0) is 20.7 Å². The van der Waals surface area contributed by atoms with E-state index in [-0.39, 0.29) is 37.2 Å². The van der Waals surface area contributed by atoms with Crippen molar-refractivity contribution < 1.29 is 23.1 Å². The largest absolute Gasteiger partial charge is 0.466 e. The number of benzene rings is 1. The quantitative estimate of drug-likeness (QED) is 0.734. The van der Waals surface area contributed by atoms with Crippen LogP contribution >= 0.6 is 0 Å². The summed E-state index contributed by atoms with van der Waals surface area (Å²) in [6.07, 6.45) is -0.0878. The summed E-state index contributed by atoms with van der Waals surface area (Å²) < 4.78 is 30.4. The van der Waals surface area contributed by atoms with Crippen LogP contribution in [-0.4, -0.2) is 18.4 Å². The van der Waals surface area contributed by atoms with Gasteiger partial charge in [-0.25, -0.2) is 8.78 Å². The predicted octanol–water partition coefficient (Wildman–Crippen LogP) is 2.42. The molecule has 0 unspecified atom stereocenters. The molecule has 0 heterocycles. The predicted molar refractivity (Wildman–Crippen MR) is 60.9 cm³/mol. The fraction of sp³-hybridized carbons (Fsp3) is 0.385. The summed E-state index contributed by atoms with van der Waals surface area (Å²) in [6, 6.07) is 2.95. The molecule has 0 aliphatic heterocycles. The average molecular weight is 256 g/mol. The third kappa shape index (κ3) is 5.03. The topological polar surface area (TPSA) is 43.4 Å². The molecule has 1 aromatic rings. The van der Waals surface area contributed by atoms with E-state index in [0.29, 0.717) is 0 Å². The Morgan fingerprint density at radius 1 is 1.11 bits per heavy atom. The normalized spacial score (nSPS) is 10.2.